The Balaban J connectivity index is 2.42. The summed E-state index contributed by atoms with van der Waals surface area (Å²) in [7, 11) is -3.65. The molecular weight excluding hydrogens is 352 g/mol. The number of rotatable bonds is 3. The van der Waals surface area contributed by atoms with E-state index in [0.29, 0.717) is 11.4 Å². The summed E-state index contributed by atoms with van der Waals surface area (Å²) in [6.07, 6.45) is 0. The van der Waals surface area contributed by atoms with Crippen LogP contribution in [0.2, 0.25) is 0 Å². The van der Waals surface area contributed by atoms with Crippen molar-refractivity contribution >= 4 is 37.3 Å². The van der Waals surface area contributed by atoms with E-state index in [1.807, 2.05) is 20.8 Å². The molecule has 0 fully saturated rings. The van der Waals surface area contributed by atoms with Crippen LogP contribution in [0.3, 0.4) is 0 Å². The number of nitrogens with two attached hydrogens (primary N) is 1. The Bertz CT molecular complexity index is 758. The molecule has 2 aromatic rings. The van der Waals surface area contributed by atoms with Crippen molar-refractivity contribution in [3.8, 4) is 0 Å². The van der Waals surface area contributed by atoms with Crippen molar-refractivity contribution < 1.29 is 8.42 Å². The molecule has 0 aromatic heterocycles. The van der Waals surface area contributed by atoms with Gasteiger partial charge in [-0.3, -0.25) is 4.72 Å². The second kappa shape index (κ2) is 5.69. The van der Waals surface area contributed by atoms with Crippen LogP contribution < -0.4 is 10.5 Å². The van der Waals surface area contributed by atoms with Gasteiger partial charge in [0.25, 0.3) is 10.0 Å². The van der Waals surface area contributed by atoms with E-state index in [2.05, 4.69) is 20.7 Å². The fourth-order valence-corrected chi connectivity index (χ4v) is 3.56. The molecule has 0 bridgehead atoms. The summed E-state index contributed by atoms with van der Waals surface area (Å²) < 4.78 is 28.4. The van der Waals surface area contributed by atoms with Crippen molar-refractivity contribution in [2.24, 2.45) is 0 Å². The van der Waals surface area contributed by atoms with E-state index in [1.54, 1.807) is 24.3 Å². The van der Waals surface area contributed by atoms with Crippen molar-refractivity contribution in [1.82, 2.24) is 0 Å². The van der Waals surface area contributed by atoms with Gasteiger partial charge in [0.15, 0.2) is 0 Å². The molecule has 2 aromatic carbocycles. The van der Waals surface area contributed by atoms with Gasteiger partial charge in [-0.25, -0.2) is 8.42 Å². The van der Waals surface area contributed by atoms with Gasteiger partial charge in [0.1, 0.15) is 0 Å². The van der Waals surface area contributed by atoms with Crippen LogP contribution in [-0.4, -0.2) is 8.42 Å². The molecule has 2 rings (SSSR count). The molecule has 4 nitrogen and oxygen atoms in total. The molecule has 0 atom stereocenters. The fourth-order valence-electron chi connectivity index (χ4n) is 2.15. The first-order chi connectivity index (χ1) is 9.69. The van der Waals surface area contributed by atoms with E-state index in [1.165, 1.54) is 6.07 Å². The van der Waals surface area contributed by atoms with Crippen LogP contribution in [0.25, 0.3) is 0 Å². The Labute approximate surface area is 133 Å². The van der Waals surface area contributed by atoms with Crippen LogP contribution in [0, 0.1) is 20.8 Å². The number of anilines is 2. The summed E-state index contributed by atoms with van der Waals surface area (Å²) in [6, 6.07) is 8.35. The highest BCUT2D eigenvalue weighted by Crippen LogP contribution is 2.27. The molecule has 0 saturated heterocycles. The van der Waals surface area contributed by atoms with Crippen LogP contribution in [0.1, 0.15) is 16.7 Å². The third-order valence-electron chi connectivity index (χ3n) is 3.07. The summed E-state index contributed by atoms with van der Waals surface area (Å²) in [5, 5.41) is 0. The second-order valence-electron chi connectivity index (χ2n) is 5.11. The lowest BCUT2D eigenvalue weighted by Gasteiger charge is -2.12. The minimum atomic E-state index is -3.65. The van der Waals surface area contributed by atoms with Crippen LogP contribution in [0.5, 0.6) is 0 Å². The van der Waals surface area contributed by atoms with Crippen molar-refractivity contribution in [3.05, 3.63) is 51.5 Å². The van der Waals surface area contributed by atoms with Gasteiger partial charge in [0, 0.05) is 15.8 Å². The molecule has 3 N–H and O–H groups in total. The first kappa shape index (κ1) is 15.9. The molecule has 0 spiro atoms. The van der Waals surface area contributed by atoms with Gasteiger partial charge in [-0.1, -0.05) is 15.9 Å². The maximum atomic E-state index is 12.4. The lowest BCUT2D eigenvalue weighted by molar-refractivity contribution is 0.601. The highest BCUT2D eigenvalue weighted by atomic mass is 79.9. The molecule has 0 amide bonds. The summed E-state index contributed by atoms with van der Waals surface area (Å²) in [5.41, 5.74) is 9.43. The number of nitrogens with one attached hydrogen (secondary N) is 1. The van der Waals surface area contributed by atoms with Crippen LogP contribution >= 0.6 is 15.9 Å². The molecule has 0 heterocycles. The molecule has 0 aliphatic rings. The van der Waals surface area contributed by atoms with Crippen LogP contribution in [-0.2, 0) is 10.0 Å². The number of hydrogen-bond donors (Lipinski definition) is 2. The lowest BCUT2D eigenvalue weighted by atomic mass is 10.1. The Morgan fingerprint density at radius 2 is 1.57 bits per heavy atom. The second-order valence-corrected chi connectivity index (χ2v) is 7.58. The van der Waals surface area contributed by atoms with Gasteiger partial charge >= 0.3 is 0 Å². The molecule has 6 heteroatoms. The van der Waals surface area contributed by atoms with E-state index in [9.17, 15) is 8.42 Å². The molecule has 21 heavy (non-hydrogen) atoms. The summed E-state index contributed by atoms with van der Waals surface area (Å²) >= 11 is 3.46. The number of hydrogen-bond acceptors (Lipinski definition) is 3. The van der Waals surface area contributed by atoms with Crippen molar-refractivity contribution in [2.45, 2.75) is 25.7 Å². The summed E-state index contributed by atoms with van der Waals surface area (Å²) in [5.74, 6) is 0. The van der Waals surface area contributed by atoms with Crippen LogP contribution in [0.15, 0.2) is 39.7 Å². The van der Waals surface area contributed by atoms with Gasteiger partial charge < -0.3 is 5.73 Å². The summed E-state index contributed by atoms with van der Waals surface area (Å²) in [4.78, 5) is 0.165. The van der Waals surface area contributed by atoms with E-state index >= 15 is 0 Å². The highest BCUT2D eigenvalue weighted by molar-refractivity contribution is 9.10. The smallest absolute Gasteiger partial charge is 0.261 e. The minimum absolute atomic E-state index is 0.165. The zero-order chi connectivity index (χ0) is 15.8. The quantitative estimate of drug-likeness (QED) is 0.810. The molecule has 0 aliphatic carbocycles. The zero-order valence-corrected chi connectivity index (χ0v) is 14.5. The van der Waals surface area contributed by atoms with Gasteiger partial charge in [0.2, 0.25) is 0 Å². The largest absolute Gasteiger partial charge is 0.399 e. The Kier molecular flexibility index (Phi) is 4.30. The number of aryl methyl sites for hydroxylation is 3. The standard InChI is InChI=1S/C15H17BrN2O2S/c1-9-4-12(17)8-14(5-9)21(19,20)18-13-6-10(2)15(16)11(3)7-13/h4-8,18H,17H2,1-3H3. The number of benzene rings is 2. The monoisotopic (exact) mass is 368 g/mol. The predicted octanol–water partition coefficient (Wildman–Crippen LogP) is 3.76. The molecule has 0 unspecified atom stereocenters. The lowest BCUT2D eigenvalue weighted by Crippen LogP contribution is -2.14. The average molecular weight is 369 g/mol. The summed E-state index contributed by atoms with van der Waals surface area (Å²) in [6.45, 7) is 5.64. The van der Waals surface area contributed by atoms with Crippen molar-refractivity contribution in [2.75, 3.05) is 10.5 Å². The zero-order valence-electron chi connectivity index (χ0n) is 12.1. The first-order valence-corrected chi connectivity index (χ1v) is 8.63. The Morgan fingerprint density at radius 3 is 2.10 bits per heavy atom. The van der Waals surface area contributed by atoms with E-state index in [4.69, 9.17) is 5.73 Å². The molecule has 112 valence electrons. The number of nitrogen functional groups attached to an aromatic ring is 1. The third-order valence-corrected chi connectivity index (χ3v) is 5.68. The highest BCUT2D eigenvalue weighted by Gasteiger charge is 2.16. The molecule has 0 aliphatic heterocycles. The Morgan fingerprint density at radius 1 is 1.00 bits per heavy atom. The number of halogens is 1. The topological polar surface area (TPSA) is 72.2 Å². The third kappa shape index (κ3) is 3.57. The average Bonchev–Trinajstić information content (AvgIpc) is 2.34. The van der Waals surface area contributed by atoms with Gasteiger partial charge in [-0.15, -0.1) is 0 Å². The molecule has 0 radical (unpaired) electrons. The van der Waals surface area contributed by atoms with Crippen molar-refractivity contribution in [3.63, 3.8) is 0 Å². The first-order valence-electron chi connectivity index (χ1n) is 6.36. The van der Waals surface area contributed by atoms with E-state index in [-0.39, 0.29) is 4.90 Å². The van der Waals surface area contributed by atoms with Gasteiger partial charge in [-0.05, 0) is 67.8 Å². The number of sulfonamides is 1. The Hall–Kier alpha value is -1.53. The minimum Gasteiger partial charge on any atom is -0.399 e. The predicted molar refractivity (Wildman–Crippen MR) is 90.0 cm³/mol. The van der Waals surface area contributed by atoms with Crippen LogP contribution in [0.4, 0.5) is 11.4 Å². The maximum absolute atomic E-state index is 12.4. The molecule has 0 saturated carbocycles. The molecular formula is C15H17BrN2O2S. The van der Waals surface area contributed by atoms with E-state index < -0.39 is 10.0 Å². The van der Waals surface area contributed by atoms with Crippen molar-refractivity contribution in [1.29, 1.82) is 0 Å². The van der Waals surface area contributed by atoms with Gasteiger partial charge in [-0.2, -0.15) is 0 Å². The maximum Gasteiger partial charge on any atom is 0.261 e. The fraction of sp³-hybridized carbons (Fsp3) is 0.200. The normalized spacial score (nSPS) is 11.4. The van der Waals surface area contributed by atoms with Gasteiger partial charge in [0.05, 0.1) is 4.90 Å². The SMILES string of the molecule is Cc1cc(N)cc(S(=O)(=O)Nc2cc(C)c(Br)c(C)c2)c1. The van der Waals surface area contributed by atoms with E-state index in [0.717, 1.165) is 21.2 Å².